The predicted octanol–water partition coefficient (Wildman–Crippen LogP) is 6.93. The van der Waals surface area contributed by atoms with Crippen LogP contribution >= 0.6 is 8.60 Å². The Balaban J connectivity index is -0.00000119. The molecule has 286 valence electrons. The number of allylic oxidation sites excluding steroid dienone is 1. The number of amides is 3. The first-order chi connectivity index (χ1) is 23.2. The highest BCUT2D eigenvalue weighted by Gasteiger charge is 2.50. The largest absolute Gasteiger partial charge is 0.508 e. The summed E-state index contributed by atoms with van der Waals surface area (Å²) in [6, 6.07) is -0.574. The Morgan fingerprint density at radius 3 is 2.06 bits per heavy atom. The van der Waals surface area contributed by atoms with Crippen LogP contribution in [0.4, 0.5) is 9.59 Å². The number of hydrogen-bond donors (Lipinski definition) is 2. The van der Waals surface area contributed by atoms with Crippen LogP contribution in [0.5, 0.6) is 0 Å². The van der Waals surface area contributed by atoms with E-state index in [1.165, 1.54) is 25.1 Å². The molecule has 4 unspecified atom stereocenters. The summed E-state index contributed by atoms with van der Waals surface area (Å²) in [4.78, 5) is 34.9. The fourth-order valence-electron chi connectivity index (χ4n) is 3.75. The summed E-state index contributed by atoms with van der Waals surface area (Å²) in [6.45, 7) is 27.8. The number of aliphatic hydroxyl groups excluding tert-OH is 1. The van der Waals surface area contributed by atoms with E-state index in [1.54, 1.807) is 12.2 Å². The smallest absolute Gasteiger partial charge is 0.438 e. The van der Waals surface area contributed by atoms with Crippen molar-refractivity contribution in [1.82, 2.24) is 10.2 Å². The van der Waals surface area contributed by atoms with Crippen LogP contribution in [0, 0.1) is 5.92 Å². The van der Waals surface area contributed by atoms with Crippen LogP contribution in [-0.2, 0) is 41.9 Å². The van der Waals surface area contributed by atoms with Crippen molar-refractivity contribution in [2.45, 2.75) is 113 Å². The maximum absolute atomic E-state index is 12.2. The molecule has 2 rings (SSSR count). The number of carbonyl (C=O) groups excluding carboxylic acids is 3. The molecule has 0 bridgehead atoms. The van der Waals surface area contributed by atoms with E-state index in [0.717, 1.165) is 7.11 Å². The lowest BCUT2D eigenvalue weighted by molar-refractivity contribution is -0.118. The quantitative estimate of drug-likeness (QED) is 0.0875. The van der Waals surface area contributed by atoms with E-state index in [9.17, 15) is 14.4 Å². The first-order valence-electron chi connectivity index (χ1n) is 16.6. The molecule has 49 heavy (non-hydrogen) atoms. The number of urea groups is 1. The van der Waals surface area contributed by atoms with Crippen LogP contribution in [0.25, 0.3) is 0 Å². The van der Waals surface area contributed by atoms with Crippen LogP contribution in [0.15, 0.2) is 37.0 Å². The minimum Gasteiger partial charge on any atom is -0.438 e. The normalized spacial score (nSPS) is 20.6. The molecular formula is C33H64BN2O12P. The van der Waals surface area contributed by atoms with E-state index in [2.05, 4.69) is 21.4 Å². The summed E-state index contributed by atoms with van der Waals surface area (Å²) < 4.78 is 43.7. The molecule has 14 nitrogen and oxygen atoms in total. The number of carbonyl (C=O) groups is 3. The Kier molecular flexibility index (Phi) is 30.6. The van der Waals surface area contributed by atoms with Crippen molar-refractivity contribution >= 4 is 33.8 Å². The lowest BCUT2D eigenvalue weighted by atomic mass is 9.90. The summed E-state index contributed by atoms with van der Waals surface area (Å²) in [5.41, 5.74) is -0.789. The van der Waals surface area contributed by atoms with Gasteiger partial charge in [0.15, 0.2) is 0 Å². The maximum atomic E-state index is 12.2. The molecule has 0 aromatic carbocycles. The van der Waals surface area contributed by atoms with Gasteiger partial charge in [0.1, 0.15) is 12.8 Å². The molecule has 0 aliphatic carbocycles. The standard InChI is InChI=1S/C22H38BN2O8P.C6H10O3.2C2H6.CH4O/c1-9-25(20(27)24-17(4)26)19-16(3)14-18(31-19)15-30-34(28-10-2)29-13-11-12-23-32-21(5,6)22(7,8)33-23;1-3-4-5-9-6(7)8-2;3*1-2/h9,11-12,16,18-19H,1,10,13-15H2,2-8H3,(H,24,26,27);3-4H,5H2,1-2H3;2*1-2H3;2H,1H3/b12-11+;4-3+;;;. The molecule has 2 aliphatic heterocycles. The predicted molar refractivity (Wildman–Crippen MR) is 193 cm³/mol. The highest BCUT2D eigenvalue weighted by molar-refractivity contribution is 7.41. The van der Waals surface area contributed by atoms with Gasteiger partial charge in [-0.1, -0.05) is 65.4 Å². The van der Waals surface area contributed by atoms with Gasteiger partial charge in [-0.25, -0.2) is 9.59 Å². The van der Waals surface area contributed by atoms with Gasteiger partial charge < -0.3 is 42.2 Å². The number of methoxy groups -OCH3 is 1. The summed E-state index contributed by atoms with van der Waals surface area (Å²) in [7, 11) is 0.256. The van der Waals surface area contributed by atoms with Crippen LogP contribution in [-0.4, -0.2) is 99.4 Å². The minimum absolute atomic E-state index is 0.0198. The lowest BCUT2D eigenvalue weighted by Gasteiger charge is -2.32. The average Bonchev–Trinajstić information content (AvgIpc) is 3.53. The SMILES string of the molecule is C/C=C/COC(=O)OC.C=CN(C(=O)NC(C)=O)C1OC(COP(OCC)OC/C=C/B2OC(C)(C)C(C)(C)O2)CC1C.CC.CC.CO. The zero-order valence-electron chi connectivity index (χ0n) is 32.3. The second-order valence-corrected chi connectivity index (χ2v) is 11.8. The van der Waals surface area contributed by atoms with Crippen molar-refractivity contribution in [2.75, 3.05) is 40.6 Å². The van der Waals surface area contributed by atoms with Gasteiger partial charge in [-0.05, 0) is 48.0 Å². The Morgan fingerprint density at radius 1 is 1.02 bits per heavy atom. The Bertz CT molecular complexity index is 952. The molecule has 2 fully saturated rings. The number of rotatable bonds is 13. The first-order valence-corrected chi connectivity index (χ1v) is 17.7. The van der Waals surface area contributed by atoms with Crippen molar-refractivity contribution in [1.29, 1.82) is 0 Å². The summed E-state index contributed by atoms with van der Waals surface area (Å²) in [5.74, 6) is 1.39. The number of aliphatic hydroxyl groups is 1. The van der Waals surface area contributed by atoms with Gasteiger partial charge in [0, 0.05) is 26.2 Å². The van der Waals surface area contributed by atoms with E-state index in [0.29, 0.717) is 13.0 Å². The zero-order valence-corrected chi connectivity index (χ0v) is 33.2. The molecule has 16 heteroatoms. The number of hydrogen-bond acceptors (Lipinski definition) is 12. The van der Waals surface area contributed by atoms with Gasteiger partial charge in [0.2, 0.25) is 5.91 Å². The number of nitrogens with one attached hydrogen (secondary N) is 1. The molecule has 0 aromatic heterocycles. The van der Waals surface area contributed by atoms with Crippen molar-refractivity contribution in [3.05, 3.63) is 37.0 Å². The van der Waals surface area contributed by atoms with E-state index in [1.807, 2.05) is 88.2 Å². The van der Waals surface area contributed by atoms with E-state index < -0.39 is 51.2 Å². The first kappa shape index (κ1) is 51.0. The summed E-state index contributed by atoms with van der Waals surface area (Å²) in [6.07, 6.45) is 5.90. The van der Waals surface area contributed by atoms with Gasteiger partial charge >= 0.3 is 27.9 Å². The molecule has 0 radical (unpaired) electrons. The third-order valence-corrected chi connectivity index (χ3v) is 7.77. The molecule has 2 N–H and O–H groups in total. The lowest BCUT2D eigenvalue weighted by Crippen LogP contribution is -2.46. The average molecular weight is 723 g/mol. The van der Waals surface area contributed by atoms with Gasteiger partial charge in [0.05, 0.1) is 44.2 Å². The third-order valence-electron chi connectivity index (χ3n) is 6.58. The van der Waals surface area contributed by atoms with Gasteiger partial charge in [-0.3, -0.25) is 15.0 Å². The molecule has 0 saturated carbocycles. The molecule has 4 atom stereocenters. The van der Waals surface area contributed by atoms with Crippen molar-refractivity contribution in [3.63, 3.8) is 0 Å². The molecule has 2 heterocycles. The van der Waals surface area contributed by atoms with Crippen molar-refractivity contribution in [2.24, 2.45) is 5.92 Å². The van der Waals surface area contributed by atoms with Gasteiger partial charge in [-0.2, -0.15) is 0 Å². The van der Waals surface area contributed by atoms with Crippen LogP contribution in [0.3, 0.4) is 0 Å². The molecule has 0 spiro atoms. The van der Waals surface area contributed by atoms with Gasteiger partial charge in [0.25, 0.3) is 0 Å². The second-order valence-electron chi connectivity index (χ2n) is 10.6. The highest BCUT2D eigenvalue weighted by atomic mass is 31.2. The van der Waals surface area contributed by atoms with Crippen LogP contribution in [0.2, 0.25) is 0 Å². The maximum Gasteiger partial charge on any atom is 0.508 e. The molecule has 3 amide bonds. The van der Waals surface area contributed by atoms with E-state index >= 15 is 0 Å². The highest BCUT2D eigenvalue weighted by Crippen LogP contribution is 2.41. The number of nitrogens with zero attached hydrogens (tertiary/aromatic N) is 1. The van der Waals surface area contributed by atoms with E-state index in [-0.39, 0.29) is 31.8 Å². The van der Waals surface area contributed by atoms with E-state index in [4.69, 9.17) is 32.7 Å². The summed E-state index contributed by atoms with van der Waals surface area (Å²) in [5, 5.41) is 9.24. The summed E-state index contributed by atoms with van der Waals surface area (Å²) >= 11 is 0. The second kappa shape index (κ2) is 29.4. The minimum atomic E-state index is -1.58. The Labute approximate surface area is 297 Å². The third kappa shape index (κ3) is 20.8. The fourth-order valence-corrected chi connectivity index (χ4v) is 4.68. The monoisotopic (exact) mass is 722 g/mol. The molecule has 0 aromatic rings. The Morgan fingerprint density at radius 2 is 1.59 bits per heavy atom. The molecular weight excluding hydrogens is 658 g/mol. The molecule has 2 aliphatic rings. The van der Waals surface area contributed by atoms with Crippen LogP contribution < -0.4 is 5.32 Å². The number of ether oxygens (including phenoxy) is 3. The number of imide groups is 1. The van der Waals surface area contributed by atoms with Crippen molar-refractivity contribution < 1.29 is 56.6 Å². The van der Waals surface area contributed by atoms with Crippen LogP contribution in [0.1, 0.15) is 89.5 Å². The fraction of sp³-hybridized carbons (Fsp3) is 0.727. The zero-order chi connectivity index (χ0) is 38.6. The van der Waals surface area contributed by atoms with Crippen molar-refractivity contribution in [3.8, 4) is 0 Å². The Hall–Kier alpha value is -2.36. The molecule has 2 saturated heterocycles. The topological polar surface area (TPSA) is 161 Å². The van der Waals surface area contributed by atoms with Gasteiger partial charge in [-0.15, -0.1) is 0 Å².